The highest BCUT2D eigenvalue weighted by molar-refractivity contribution is 6.00. The lowest BCUT2D eigenvalue weighted by molar-refractivity contribution is -0.118. The Morgan fingerprint density at radius 3 is 2.29 bits per heavy atom. The molecule has 0 saturated carbocycles. The topological polar surface area (TPSA) is 132 Å². The fraction of sp³-hybridized carbons (Fsp3) is 0.323. The van der Waals surface area contributed by atoms with Crippen molar-refractivity contribution in [2.24, 2.45) is 5.73 Å². The molecule has 2 amide bonds. The highest BCUT2D eigenvalue weighted by atomic mass is 16.5. The van der Waals surface area contributed by atoms with Crippen LogP contribution in [0.5, 0.6) is 11.5 Å². The second-order valence-electron chi connectivity index (χ2n) is 9.82. The third kappa shape index (κ3) is 8.21. The summed E-state index contributed by atoms with van der Waals surface area (Å²) in [6.45, 7) is 7.70. The third-order valence-corrected chi connectivity index (χ3v) is 6.20. The van der Waals surface area contributed by atoms with Crippen molar-refractivity contribution in [1.29, 1.82) is 0 Å². The molecule has 41 heavy (non-hydrogen) atoms. The van der Waals surface area contributed by atoms with Crippen LogP contribution in [0.4, 0.5) is 21.9 Å². The number of amides is 2. The van der Waals surface area contributed by atoms with E-state index in [0.717, 1.165) is 11.1 Å². The number of Topliss-reactive ketones (excluding diaryl/α,β-unsaturated/α-hetero) is 1. The predicted molar refractivity (Wildman–Crippen MR) is 159 cm³/mol. The lowest BCUT2D eigenvalue weighted by Gasteiger charge is -2.24. The van der Waals surface area contributed by atoms with Crippen LogP contribution in [-0.4, -0.2) is 50.8 Å². The van der Waals surface area contributed by atoms with Crippen molar-refractivity contribution in [1.82, 2.24) is 5.32 Å². The van der Waals surface area contributed by atoms with Gasteiger partial charge in [0.25, 0.3) is 0 Å². The van der Waals surface area contributed by atoms with Crippen molar-refractivity contribution in [3.63, 3.8) is 0 Å². The smallest absolute Gasteiger partial charge is 0.337 e. The van der Waals surface area contributed by atoms with E-state index >= 15 is 0 Å². The molecule has 3 aromatic rings. The van der Waals surface area contributed by atoms with Crippen LogP contribution in [0.3, 0.4) is 0 Å². The van der Waals surface area contributed by atoms with Gasteiger partial charge in [0.05, 0.1) is 43.4 Å². The van der Waals surface area contributed by atoms with E-state index in [1.165, 1.54) is 19.1 Å². The minimum absolute atomic E-state index is 0.0645. The van der Waals surface area contributed by atoms with Gasteiger partial charge in [-0.2, -0.15) is 0 Å². The van der Waals surface area contributed by atoms with Gasteiger partial charge in [0, 0.05) is 12.5 Å². The number of urea groups is 1. The van der Waals surface area contributed by atoms with Gasteiger partial charge in [-0.15, -0.1) is 0 Å². The molecule has 0 radical (unpaired) electrons. The molecule has 1 unspecified atom stereocenters. The van der Waals surface area contributed by atoms with Gasteiger partial charge in [-0.3, -0.25) is 15.0 Å². The molecule has 0 bridgehead atoms. The average Bonchev–Trinajstić information content (AvgIpc) is 2.93. The number of nitrogens with zero attached hydrogens (tertiary/aromatic N) is 1. The Hall–Kier alpha value is -4.57. The summed E-state index contributed by atoms with van der Waals surface area (Å²) >= 11 is 0. The van der Waals surface area contributed by atoms with Crippen LogP contribution in [-0.2, 0) is 16.0 Å². The van der Waals surface area contributed by atoms with Gasteiger partial charge in [0.1, 0.15) is 17.7 Å². The maximum absolute atomic E-state index is 12.8. The molecule has 3 aromatic carbocycles. The highest BCUT2D eigenvalue weighted by Gasteiger charge is 2.21. The molecule has 3 rings (SSSR count). The van der Waals surface area contributed by atoms with Gasteiger partial charge in [0.2, 0.25) is 0 Å². The molecule has 10 heteroatoms. The zero-order valence-electron chi connectivity index (χ0n) is 24.3. The van der Waals surface area contributed by atoms with Gasteiger partial charge < -0.3 is 25.3 Å². The van der Waals surface area contributed by atoms with Crippen molar-refractivity contribution < 1.29 is 28.6 Å². The standard InChI is InChI=1S/C31H38N4O6/c1-19(2)34-25-17-23(30(37)40-6)12-14-28(25)41-21(4)33-18-24(36)15-22-11-13-27(29(16-22)39-5)35(31(32)38)26-10-8-7-9-20(26)3/h7-14,16-17,19,21,33-34H,15,18H2,1-6H3,(H2,32,38). The molecule has 10 nitrogen and oxygen atoms in total. The number of para-hydroxylation sites is 1. The normalized spacial score (nSPS) is 11.5. The summed E-state index contributed by atoms with van der Waals surface area (Å²) in [6.07, 6.45) is -0.351. The summed E-state index contributed by atoms with van der Waals surface area (Å²) < 4.78 is 16.4. The number of esters is 1. The quantitative estimate of drug-likeness (QED) is 0.197. The number of methoxy groups -OCH3 is 2. The van der Waals surface area contributed by atoms with E-state index in [4.69, 9.17) is 19.9 Å². The maximum Gasteiger partial charge on any atom is 0.337 e. The Bertz CT molecular complexity index is 1390. The third-order valence-electron chi connectivity index (χ3n) is 6.20. The summed E-state index contributed by atoms with van der Waals surface area (Å²) in [5, 5.41) is 6.36. The molecular weight excluding hydrogens is 524 g/mol. The lowest BCUT2D eigenvalue weighted by Crippen LogP contribution is -2.36. The molecule has 4 N–H and O–H groups in total. The summed E-state index contributed by atoms with van der Waals surface area (Å²) in [5.41, 5.74) is 9.50. The monoisotopic (exact) mass is 562 g/mol. The largest absolute Gasteiger partial charge is 0.495 e. The van der Waals surface area contributed by atoms with Crippen LogP contribution in [0.1, 0.15) is 42.3 Å². The number of carbonyl (C=O) groups is 3. The number of hydrogen-bond acceptors (Lipinski definition) is 8. The Kier molecular flexibility index (Phi) is 10.7. The summed E-state index contributed by atoms with van der Waals surface area (Å²) in [6, 6.07) is 17.1. The first kappa shape index (κ1) is 31.0. The van der Waals surface area contributed by atoms with Crippen molar-refractivity contribution in [2.45, 2.75) is 46.4 Å². The molecule has 0 aromatic heterocycles. The number of ether oxygens (including phenoxy) is 3. The van der Waals surface area contributed by atoms with Gasteiger partial charge in [0.15, 0.2) is 5.78 Å². The number of benzene rings is 3. The second-order valence-corrected chi connectivity index (χ2v) is 9.82. The minimum Gasteiger partial charge on any atom is -0.495 e. The molecule has 1 atom stereocenters. The summed E-state index contributed by atoms with van der Waals surface area (Å²) in [7, 11) is 2.83. The number of rotatable bonds is 13. The Labute approximate surface area is 240 Å². The molecule has 218 valence electrons. The van der Waals surface area contributed by atoms with Gasteiger partial charge >= 0.3 is 12.0 Å². The van der Waals surface area contributed by atoms with E-state index in [1.807, 2.05) is 39.0 Å². The zero-order chi connectivity index (χ0) is 30.1. The SMILES string of the molecule is COC(=O)c1ccc(OC(C)NCC(=O)Cc2ccc(N(C(N)=O)c3ccccc3C)c(OC)c2)c(NC(C)C)c1. The molecule has 0 spiro atoms. The molecule has 0 heterocycles. The molecule has 0 aliphatic carbocycles. The van der Waals surface area contributed by atoms with Gasteiger partial charge in [-0.25, -0.2) is 9.59 Å². The van der Waals surface area contributed by atoms with Gasteiger partial charge in [-0.1, -0.05) is 24.3 Å². The van der Waals surface area contributed by atoms with E-state index in [9.17, 15) is 14.4 Å². The highest BCUT2D eigenvalue weighted by Crippen LogP contribution is 2.36. The molecule has 0 aliphatic rings. The molecule has 0 saturated heterocycles. The first-order chi connectivity index (χ1) is 19.5. The first-order valence-corrected chi connectivity index (χ1v) is 13.3. The Morgan fingerprint density at radius 1 is 0.927 bits per heavy atom. The van der Waals surface area contributed by atoms with E-state index in [-0.39, 0.29) is 24.8 Å². The van der Waals surface area contributed by atoms with Crippen molar-refractivity contribution in [3.05, 3.63) is 77.4 Å². The minimum atomic E-state index is -0.647. The van der Waals surface area contributed by atoms with Gasteiger partial charge in [-0.05, 0) is 75.2 Å². The number of carbonyl (C=O) groups excluding carboxylic acids is 3. The summed E-state index contributed by atoms with van der Waals surface area (Å²) in [5.74, 6) is 0.444. The van der Waals surface area contributed by atoms with E-state index in [0.29, 0.717) is 34.1 Å². The lowest BCUT2D eigenvalue weighted by atomic mass is 10.1. The van der Waals surface area contributed by atoms with Crippen molar-refractivity contribution >= 4 is 34.8 Å². The number of aryl methyl sites for hydroxylation is 1. The number of hydrogen-bond donors (Lipinski definition) is 3. The molecule has 0 aliphatic heterocycles. The van der Waals surface area contributed by atoms with E-state index < -0.39 is 18.2 Å². The first-order valence-electron chi connectivity index (χ1n) is 13.3. The number of nitrogens with two attached hydrogens (primary N) is 1. The second kappa shape index (κ2) is 14.2. The average molecular weight is 563 g/mol. The summed E-state index contributed by atoms with van der Waals surface area (Å²) in [4.78, 5) is 38.5. The van der Waals surface area contributed by atoms with Crippen LogP contribution in [0, 0.1) is 6.92 Å². The molecule has 0 fully saturated rings. The Balaban J connectivity index is 1.67. The zero-order valence-corrected chi connectivity index (χ0v) is 24.3. The predicted octanol–water partition coefficient (Wildman–Crippen LogP) is 4.95. The molecular formula is C31H38N4O6. The van der Waals surface area contributed by atoms with Crippen LogP contribution in [0.25, 0.3) is 0 Å². The number of nitrogens with one attached hydrogen (secondary N) is 2. The fourth-order valence-corrected chi connectivity index (χ4v) is 4.28. The van der Waals surface area contributed by atoms with Crippen LogP contribution >= 0.6 is 0 Å². The van der Waals surface area contributed by atoms with Crippen molar-refractivity contribution in [2.75, 3.05) is 31.0 Å². The number of anilines is 3. The number of primary amides is 1. The maximum atomic E-state index is 12.8. The van der Waals surface area contributed by atoms with E-state index in [2.05, 4.69) is 10.6 Å². The fourth-order valence-electron chi connectivity index (χ4n) is 4.28. The van der Waals surface area contributed by atoms with Crippen LogP contribution in [0.2, 0.25) is 0 Å². The Morgan fingerprint density at radius 2 is 1.66 bits per heavy atom. The van der Waals surface area contributed by atoms with Crippen LogP contribution < -0.4 is 30.7 Å². The number of ketones is 1. The van der Waals surface area contributed by atoms with Crippen LogP contribution in [0.15, 0.2) is 60.7 Å². The van der Waals surface area contributed by atoms with Crippen molar-refractivity contribution in [3.8, 4) is 11.5 Å². The van der Waals surface area contributed by atoms with E-state index in [1.54, 1.807) is 49.4 Å².